The van der Waals surface area contributed by atoms with E-state index < -0.39 is 0 Å². The molecule has 0 radical (unpaired) electrons. The third kappa shape index (κ3) is 3.79. The van der Waals surface area contributed by atoms with E-state index in [1.54, 1.807) is 11.8 Å². The predicted molar refractivity (Wildman–Crippen MR) is 92.5 cm³/mol. The van der Waals surface area contributed by atoms with Crippen molar-refractivity contribution in [3.05, 3.63) is 29.3 Å². The summed E-state index contributed by atoms with van der Waals surface area (Å²) in [5, 5.41) is 4.40. The summed E-state index contributed by atoms with van der Waals surface area (Å²) in [7, 11) is 1.97. The Morgan fingerprint density at radius 1 is 1.32 bits per heavy atom. The first kappa shape index (κ1) is 16.2. The molecule has 2 unspecified atom stereocenters. The van der Waals surface area contributed by atoms with Crippen LogP contribution in [0.15, 0.2) is 29.2 Å². The Bertz CT molecular complexity index is 527. The number of halogens is 1. The molecule has 2 heterocycles. The second-order valence-corrected chi connectivity index (χ2v) is 7.84. The average Bonchev–Trinajstić information content (AvgIpc) is 2.86. The number of fused-ring (bicyclic) bond motifs is 2. The summed E-state index contributed by atoms with van der Waals surface area (Å²) in [4.78, 5) is 15.5. The number of nitrogens with zero attached hydrogens (tertiary/aromatic N) is 1. The Hall–Kier alpha value is -0.710. The molecule has 1 N–H and O–H groups in total. The highest BCUT2D eigenvalue weighted by Crippen LogP contribution is 2.30. The number of hydrogen-bond donors (Lipinski definition) is 1. The summed E-state index contributed by atoms with van der Waals surface area (Å²) in [6.07, 6.45) is 5.33. The van der Waals surface area contributed by atoms with Crippen LogP contribution in [0, 0.1) is 0 Å². The quantitative estimate of drug-likeness (QED) is 0.833. The Labute approximate surface area is 141 Å². The fraction of sp³-hybridized carbons (Fsp3) is 0.588. The predicted octanol–water partition coefficient (Wildman–Crippen LogP) is 3.56. The van der Waals surface area contributed by atoms with E-state index in [0.29, 0.717) is 24.5 Å². The van der Waals surface area contributed by atoms with Gasteiger partial charge in [-0.3, -0.25) is 4.79 Å². The zero-order valence-corrected chi connectivity index (χ0v) is 14.5. The molecule has 0 aromatic heterocycles. The highest BCUT2D eigenvalue weighted by atomic mass is 35.5. The van der Waals surface area contributed by atoms with Gasteiger partial charge in [-0.05, 0) is 37.8 Å². The van der Waals surface area contributed by atoms with Crippen LogP contribution in [0.2, 0.25) is 5.02 Å². The Kier molecular flexibility index (Phi) is 5.32. The minimum absolute atomic E-state index is 0.255. The first-order chi connectivity index (χ1) is 10.6. The number of amides is 1. The fourth-order valence-electron chi connectivity index (χ4n) is 3.53. The molecular formula is C17H23ClN2OS. The molecule has 5 heteroatoms. The SMILES string of the molecule is CN(C(=O)CCSc1ccccc1Cl)C1CC2CCC(C1)N2. The molecule has 2 aliphatic heterocycles. The van der Waals surface area contributed by atoms with Gasteiger partial charge in [0.2, 0.25) is 5.91 Å². The minimum atomic E-state index is 0.255. The molecule has 22 heavy (non-hydrogen) atoms. The van der Waals surface area contributed by atoms with Crippen molar-refractivity contribution < 1.29 is 4.79 Å². The van der Waals surface area contributed by atoms with Crippen molar-refractivity contribution in [3.8, 4) is 0 Å². The van der Waals surface area contributed by atoms with E-state index in [2.05, 4.69) is 5.32 Å². The third-order valence-electron chi connectivity index (χ3n) is 4.80. The lowest BCUT2D eigenvalue weighted by Crippen LogP contribution is -2.48. The van der Waals surface area contributed by atoms with E-state index in [0.717, 1.165) is 28.5 Å². The molecule has 2 fully saturated rings. The van der Waals surface area contributed by atoms with E-state index in [4.69, 9.17) is 11.6 Å². The second-order valence-electron chi connectivity index (χ2n) is 6.30. The molecule has 3 nitrogen and oxygen atoms in total. The van der Waals surface area contributed by atoms with Crippen LogP contribution in [0.1, 0.15) is 32.1 Å². The summed E-state index contributed by atoms with van der Waals surface area (Å²) in [5.74, 6) is 1.04. The van der Waals surface area contributed by atoms with Crippen molar-refractivity contribution in [2.45, 2.75) is 55.1 Å². The Morgan fingerprint density at radius 2 is 2.00 bits per heavy atom. The maximum atomic E-state index is 12.4. The number of nitrogens with one attached hydrogen (secondary N) is 1. The summed E-state index contributed by atoms with van der Waals surface area (Å²) in [5.41, 5.74) is 0. The van der Waals surface area contributed by atoms with Gasteiger partial charge in [0.25, 0.3) is 0 Å². The third-order valence-corrected chi connectivity index (χ3v) is 6.32. The van der Waals surface area contributed by atoms with Gasteiger partial charge >= 0.3 is 0 Å². The molecule has 1 aromatic carbocycles. The molecule has 1 aromatic rings. The zero-order valence-electron chi connectivity index (χ0n) is 12.9. The van der Waals surface area contributed by atoms with Crippen LogP contribution in [-0.4, -0.2) is 41.7 Å². The van der Waals surface area contributed by atoms with Crippen LogP contribution < -0.4 is 5.32 Å². The normalized spacial score (nSPS) is 26.9. The Morgan fingerprint density at radius 3 is 2.68 bits per heavy atom. The summed E-state index contributed by atoms with van der Waals surface area (Å²) in [6, 6.07) is 9.46. The van der Waals surface area contributed by atoms with Crippen molar-refractivity contribution in [3.63, 3.8) is 0 Å². The maximum Gasteiger partial charge on any atom is 0.223 e. The lowest BCUT2D eigenvalue weighted by atomic mass is 9.98. The maximum absolute atomic E-state index is 12.4. The van der Waals surface area contributed by atoms with Crippen LogP contribution >= 0.6 is 23.4 Å². The van der Waals surface area contributed by atoms with Gasteiger partial charge in [-0.15, -0.1) is 11.8 Å². The zero-order chi connectivity index (χ0) is 15.5. The second kappa shape index (κ2) is 7.24. The van der Waals surface area contributed by atoms with Crippen molar-refractivity contribution in [1.29, 1.82) is 0 Å². The van der Waals surface area contributed by atoms with Crippen molar-refractivity contribution in [1.82, 2.24) is 10.2 Å². The van der Waals surface area contributed by atoms with Gasteiger partial charge in [-0.2, -0.15) is 0 Å². The molecule has 2 atom stereocenters. The topological polar surface area (TPSA) is 32.3 Å². The van der Waals surface area contributed by atoms with Gasteiger partial charge in [0.1, 0.15) is 0 Å². The van der Waals surface area contributed by atoms with E-state index in [9.17, 15) is 4.79 Å². The monoisotopic (exact) mass is 338 g/mol. The average molecular weight is 339 g/mol. The van der Waals surface area contributed by atoms with E-state index in [1.165, 1.54) is 12.8 Å². The Balaban J connectivity index is 1.46. The van der Waals surface area contributed by atoms with Gasteiger partial charge in [-0.1, -0.05) is 23.7 Å². The van der Waals surface area contributed by atoms with Crippen LogP contribution in [0.4, 0.5) is 0 Å². The number of benzene rings is 1. The fourth-order valence-corrected chi connectivity index (χ4v) is 4.71. The summed E-state index contributed by atoms with van der Waals surface area (Å²) in [6.45, 7) is 0. The van der Waals surface area contributed by atoms with Crippen molar-refractivity contribution in [2.75, 3.05) is 12.8 Å². The van der Waals surface area contributed by atoms with E-state index in [1.807, 2.05) is 36.2 Å². The molecule has 2 saturated heterocycles. The molecular weight excluding hydrogens is 316 g/mol. The lowest BCUT2D eigenvalue weighted by Gasteiger charge is -2.35. The molecule has 0 aliphatic carbocycles. The number of carbonyl (C=O) groups is 1. The molecule has 0 spiro atoms. The number of piperidine rings is 1. The molecule has 120 valence electrons. The van der Waals surface area contributed by atoms with Gasteiger partial charge < -0.3 is 10.2 Å². The van der Waals surface area contributed by atoms with Crippen molar-refractivity contribution in [2.24, 2.45) is 0 Å². The van der Waals surface area contributed by atoms with Gasteiger partial charge in [0.05, 0.1) is 5.02 Å². The molecule has 2 aliphatic rings. The van der Waals surface area contributed by atoms with Crippen molar-refractivity contribution >= 4 is 29.3 Å². The number of rotatable bonds is 5. The first-order valence-electron chi connectivity index (χ1n) is 8.02. The molecule has 3 rings (SSSR count). The van der Waals surface area contributed by atoms with Gasteiger partial charge in [0, 0.05) is 42.2 Å². The lowest BCUT2D eigenvalue weighted by molar-refractivity contribution is -0.132. The standard InChI is InChI=1S/C17H23ClN2OS/c1-20(14-10-12-6-7-13(11-14)19-12)17(21)8-9-22-16-5-3-2-4-15(16)18/h2-5,12-14,19H,6-11H2,1H3. The van der Waals surface area contributed by atoms with Crippen LogP contribution in [0.3, 0.4) is 0 Å². The molecule has 0 saturated carbocycles. The minimum Gasteiger partial charge on any atom is -0.343 e. The summed E-state index contributed by atoms with van der Waals surface area (Å²) < 4.78 is 0. The highest BCUT2D eigenvalue weighted by Gasteiger charge is 2.36. The number of carbonyl (C=O) groups excluding carboxylic acids is 1. The van der Waals surface area contributed by atoms with Crippen LogP contribution in [0.5, 0.6) is 0 Å². The van der Waals surface area contributed by atoms with Crippen LogP contribution in [-0.2, 0) is 4.79 Å². The highest BCUT2D eigenvalue weighted by molar-refractivity contribution is 7.99. The first-order valence-corrected chi connectivity index (χ1v) is 9.39. The van der Waals surface area contributed by atoms with Gasteiger partial charge in [-0.25, -0.2) is 0 Å². The van der Waals surface area contributed by atoms with E-state index in [-0.39, 0.29) is 5.91 Å². The molecule has 1 amide bonds. The molecule has 2 bridgehead atoms. The van der Waals surface area contributed by atoms with E-state index >= 15 is 0 Å². The largest absolute Gasteiger partial charge is 0.343 e. The smallest absolute Gasteiger partial charge is 0.223 e. The van der Waals surface area contributed by atoms with Gasteiger partial charge in [0.15, 0.2) is 0 Å². The van der Waals surface area contributed by atoms with Crippen LogP contribution in [0.25, 0.3) is 0 Å². The summed E-state index contributed by atoms with van der Waals surface area (Å²) >= 11 is 7.80. The number of thioether (sulfide) groups is 1. The number of hydrogen-bond acceptors (Lipinski definition) is 3.